The molecule has 0 radical (unpaired) electrons. The van der Waals surface area contributed by atoms with Crippen LogP contribution in [0.5, 0.6) is 5.88 Å². The van der Waals surface area contributed by atoms with Crippen LogP contribution in [0.4, 0.5) is 0 Å². The summed E-state index contributed by atoms with van der Waals surface area (Å²) in [6.45, 7) is 0.363. The predicted molar refractivity (Wildman–Crippen MR) is 59.4 cm³/mol. The zero-order chi connectivity index (χ0) is 10.7. The Morgan fingerprint density at radius 2 is 2.13 bits per heavy atom. The molecule has 78 valence electrons. The van der Waals surface area contributed by atoms with E-state index in [9.17, 15) is 0 Å². The van der Waals surface area contributed by atoms with Gasteiger partial charge in [0.15, 0.2) is 0 Å². The molecule has 0 saturated carbocycles. The maximum atomic E-state index is 5.97. The van der Waals surface area contributed by atoms with Crippen molar-refractivity contribution in [1.29, 1.82) is 0 Å². The van der Waals surface area contributed by atoms with Crippen molar-refractivity contribution in [1.82, 2.24) is 10.2 Å². The predicted octanol–water partition coefficient (Wildman–Crippen LogP) is 3.30. The molecule has 1 aromatic heterocycles. The number of benzene rings is 1. The van der Waals surface area contributed by atoms with E-state index in [1.54, 1.807) is 30.5 Å². The Hall–Kier alpha value is -1.19. The molecular formula is C10H8Cl2N2O. The molecule has 2 aromatic rings. The van der Waals surface area contributed by atoms with E-state index in [2.05, 4.69) is 10.2 Å². The van der Waals surface area contributed by atoms with Crippen LogP contribution in [-0.2, 0) is 6.61 Å². The molecule has 1 aromatic carbocycles. The van der Waals surface area contributed by atoms with Crippen LogP contribution in [0.25, 0.3) is 0 Å². The van der Waals surface area contributed by atoms with Crippen LogP contribution in [0.15, 0.2) is 30.5 Å². The minimum absolute atomic E-state index is 0.363. The smallest absolute Gasteiger partial charge is 0.209 e. The number of aromatic amines is 1. The number of aromatic nitrogens is 2. The zero-order valence-corrected chi connectivity index (χ0v) is 9.22. The van der Waals surface area contributed by atoms with Gasteiger partial charge in [0.1, 0.15) is 6.61 Å². The van der Waals surface area contributed by atoms with Crippen LogP contribution in [0.1, 0.15) is 5.56 Å². The fourth-order valence-corrected chi connectivity index (χ4v) is 1.50. The monoisotopic (exact) mass is 242 g/mol. The molecule has 0 fully saturated rings. The first-order valence-corrected chi connectivity index (χ1v) is 5.07. The molecule has 0 spiro atoms. The molecular weight excluding hydrogens is 235 g/mol. The largest absolute Gasteiger partial charge is 0.473 e. The minimum atomic E-state index is 0.363. The molecule has 0 aliphatic carbocycles. The summed E-state index contributed by atoms with van der Waals surface area (Å²) < 4.78 is 5.41. The molecule has 1 heterocycles. The third kappa shape index (κ3) is 2.64. The standard InChI is InChI=1S/C10H8Cl2N2O/c11-8-1-2-9(12)7(5-8)6-15-10-3-4-13-14-10/h1-5H,6H2,(H,13,14). The van der Waals surface area contributed by atoms with E-state index in [-0.39, 0.29) is 0 Å². The lowest BCUT2D eigenvalue weighted by Gasteiger charge is -2.05. The van der Waals surface area contributed by atoms with E-state index in [1.165, 1.54) is 0 Å². The van der Waals surface area contributed by atoms with Gasteiger partial charge in [-0.25, -0.2) is 5.10 Å². The molecule has 0 saturated heterocycles. The Balaban J connectivity index is 2.07. The van der Waals surface area contributed by atoms with Crippen molar-refractivity contribution in [3.63, 3.8) is 0 Å². The number of ether oxygens (including phenoxy) is 1. The van der Waals surface area contributed by atoms with Gasteiger partial charge in [0.2, 0.25) is 5.88 Å². The summed E-state index contributed by atoms with van der Waals surface area (Å²) >= 11 is 11.8. The Kier molecular flexibility index (Phi) is 3.14. The second kappa shape index (κ2) is 4.55. The average molecular weight is 243 g/mol. The maximum absolute atomic E-state index is 5.97. The summed E-state index contributed by atoms with van der Waals surface area (Å²) in [6, 6.07) is 7.00. The van der Waals surface area contributed by atoms with E-state index >= 15 is 0 Å². The van der Waals surface area contributed by atoms with Gasteiger partial charge in [0, 0.05) is 21.7 Å². The van der Waals surface area contributed by atoms with Gasteiger partial charge in [0.25, 0.3) is 0 Å². The van der Waals surface area contributed by atoms with Gasteiger partial charge in [-0.15, -0.1) is 0 Å². The summed E-state index contributed by atoms with van der Waals surface area (Å²) in [7, 11) is 0. The molecule has 15 heavy (non-hydrogen) atoms. The molecule has 5 heteroatoms. The molecule has 0 aliphatic rings. The average Bonchev–Trinajstić information content (AvgIpc) is 2.72. The van der Waals surface area contributed by atoms with E-state index in [1.807, 2.05) is 0 Å². The molecule has 0 bridgehead atoms. The minimum Gasteiger partial charge on any atom is -0.473 e. The molecule has 2 rings (SSSR count). The lowest BCUT2D eigenvalue weighted by molar-refractivity contribution is 0.293. The number of rotatable bonds is 3. The number of H-pyrrole nitrogens is 1. The second-order valence-electron chi connectivity index (χ2n) is 2.95. The molecule has 0 amide bonds. The fraction of sp³-hybridized carbons (Fsp3) is 0.100. The summed E-state index contributed by atoms with van der Waals surface area (Å²) in [5.41, 5.74) is 0.846. The Morgan fingerprint density at radius 1 is 1.27 bits per heavy atom. The molecule has 0 aliphatic heterocycles. The third-order valence-corrected chi connectivity index (χ3v) is 2.47. The second-order valence-corrected chi connectivity index (χ2v) is 3.79. The molecule has 3 nitrogen and oxygen atoms in total. The summed E-state index contributed by atoms with van der Waals surface area (Å²) in [4.78, 5) is 0. The number of nitrogens with one attached hydrogen (secondary N) is 1. The van der Waals surface area contributed by atoms with Gasteiger partial charge in [0.05, 0.1) is 6.20 Å². The van der Waals surface area contributed by atoms with Crippen molar-refractivity contribution in [2.75, 3.05) is 0 Å². The van der Waals surface area contributed by atoms with Crippen LogP contribution in [0.2, 0.25) is 10.0 Å². The Labute approximate surface area is 97.0 Å². The zero-order valence-electron chi connectivity index (χ0n) is 7.71. The highest BCUT2D eigenvalue weighted by Gasteiger charge is 2.02. The number of halogens is 2. The van der Waals surface area contributed by atoms with Crippen molar-refractivity contribution < 1.29 is 4.74 Å². The van der Waals surface area contributed by atoms with Gasteiger partial charge in [-0.05, 0) is 18.2 Å². The van der Waals surface area contributed by atoms with Crippen LogP contribution in [0.3, 0.4) is 0 Å². The number of nitrogens with zero attached hydrogens (tertiary/aromatic N) is 1. The van der Waals surface area contributed by atoms with Crippen molar-refractivity contribution in [3.05, 3.63) is 46.1 Å². The van der Waals surface area contributed by atoms with E-state index < -0.39 is 0 Å². The Morgan fingerprint density at radius 3 is 2.87 bits per heavy atom. The normalized spacial score (nSPS) is 10.3. The van der Waals surface area contributed by atoms with Crippen LogP contribution >= 0.6 is 23.2 Å². The van der Waals surface area contributed by atoms with Crippen LogP contribution < -0.4 is 4.74 Å². The van der Waals surface area contributed by atoms with E-state index in [4.69, 9.17) is 27.9 Å². The van der Waals surface area contributed by atoms with Gasteiger partial charge in [-0.2, -0.15) is 5.10 Å². The van der Waals surface area contributed by atoms with Crippen molar-refractivity contribution in [2.24, 2.45) is 0 Å². The highest BCUT2D eigenvalue weighted by Crippen LogP contribution is 2.21. The highest BCUT2D eigenvalue weighted by molar-refractivity contribution is 6.33. The summed E-state index contributed by atoms with van der Waals surface area (Å²) in [5, 5.41) is 7.74. The molecule has 0 unspecified atom stereocenters. The first kappa shape index (κ1) is 10.3. The van der Waals surface area contributed by atoms with Crippen LogP contribution in [0, 0.1) is 0 Å². The van der Waals surface area contributed by atoms with Gasteiger partial charge in [-0.3, -0.25) is 0 Å². The maximum Gasteiger partial charge on any atom is 0.209 e. The first-order chi connectivity index (χ1) is 7.25. The summed E-state index contributed by atoms with van der Waals surface area (Å²) in [6.07, 6.45) is 1.62. The summed E-state index contributed by atoms with van der Waals surface area (Å²) in [5.74, 6) is 0.603. The quantitative estimate of drug-likeness (QED) is 0.897. The van der Waals surface area contributed by atoms with Crippen molar-refractivity contribution in [3.8, 4) is 5.88 Å². The van der Waals surface area contributed by atoms with Crippen LogP contribution in [-0.4, -0.2) is 10.2 Å². The SMILES string of the molecule is Clc1ccc(Cl)c(COc2ccn[nH]2)c1. The van der Waals surface area contributed by atoms with E-state index in [0.29, 0.717) is 22.5 Å². The van der Waals surface area contributed by atoms with Crippen molar-refractivity contribution >= 4 is 23.2 Å². The van der Waals surface area contributed by atoms with E-state index in [0.717, 1.165) is 5.56 Å². The van der Waals surface area contributed by atoms with Gasteiger partial charge >= 0.3 is 0 Å². The van der Waals surface area contributed by atoms with Gasteiger partial charge in [-0.1, -0.05) is 23.2 Å². The lowest BCUT2D eigenvalue weighted by atomic mass is 10.2. The first-order valence-electron chi connectivity index (χ1n) is 4.32. The lowest BCUT2D eigenvalue weighted by Crippen LogP contribution is -1.96. The fourth-order valence-electron chi connectivity index (χ4n) is 1.13. The molecule has 1 N–H and O–H groups in total. The third-order valence-electron chi connectivity index (χ3n) is 1.87. The number of hydrogen-bond donors (Lipinski definition) is 1. The van der Waals surface area contributed by atoms with Crippen molar-refractivity contribution in [2.45, 2.75) is 6.61 Å². The highest BCUT2D eigenvalue weighted by atomic mass is 35.5. The topological polar surface area (TPSA) is 37.9 Å². The Bertz CT molecular complexity index is 443. The number of hydrogen-bond acceptors (Lipinski definition) is 2. The van der Waals surface area contributed by atoms with Gasteiger partial charge < -0.3 is 4.74 Å². The molecule has 0 atom stereocenters.